The lowest BCUT2D eigenvalue weighted by Crippen LogP contribution is -2.35. The molecule has 1 aromatic heterocycles. The fourth-order valence-electron chi connectivity index (χ4n) is 3.58. The monoisotopic (exact) mass is 362 g/mol. The number of aryl methyl sites for hydroxylation is 1. The molecule has 0 radical (unpaired) electrons. The summed E-state index contributed by atoms with van der Waals surface area (Å²) in [6.07, 6.45) is 0.984. The summed E-state index contributed by atoms with van der Waals surface area (Å²) in [4.78, 5) is 11.8. The van der Waals surface area contributed by atoms with Crippen molar-refractivity contribution >= 4 is 17.5 Å². The molecule has 3 aromatic rings. The Morgan fingerprint density at radius 3 is 2.56 bits per heavy atom. The molecule has 0 bridgehead atoms. The van der Waals surface area contributed by atoms with Gasteiger partial charge in [-0.1, -0.05) is 24.3 Å². The van der Waals surface area contributed by atoms with Crippen LogP contribution in [0.25, 0.3) is 0 Å². The van der Waals surface area contributed by atoms with Crippen molar-refractivity contribution in [3.8, 4) is 0 Å². The van der Waals surface area contributed by atoms with Gasteiger partial charge in [0.15, 0.2) is 0 Å². The van der Waals surface area contributed by atoms with Gasteiger partial charge in [0.1, 0.15) is 11.6 Å². The highest BCUT2D eigenvalue weighted by Gasteiger charge is 2.26. The fourth-order valence-corrected chi connectivity index (χ4v) is 3.58. The molecule has 27 heavy (non-hydrogen) atoms. The van der Waals surface area contributed by atoms with Crippen molar-refractivity contribution in [2.45, 2.75) is 33.2 Å². The quantitative estimate of drug-likeness (QED) is 0.704. The molecule has 0 saturated carbocycles. The lowest BCUT2D eigenvalue weighted by atomic mass is 9.94. The van der Waals surface area contributed by atoms with Crippen LogP contribution in [0.15, 0.2) is 48.5 Å². The van der Waals surface area contributed by atoms with E-state index in [-0.39, 0.29) is 11.9 Å². The average Bonchev–Trinajstić information content (AvgIpc) is 2.67. The first-order valence-corrected chi connectivity index (χ1v) is 9.25. The van der Waals surface area contributed by atoms with E-state index in [2.05, 4.69) is 41.4 Å². The topological polar surface area (TPSA) is 41.1 Å². The molecular weight excluding hydrogens is 339 g/mol. The Morgan fingerprint density at radius 1 is 1.04 bits per heavy atom. The summed E-state index contributed by atoms with van der Waals surface area (Å²) in [5, 5.41) is 3.31. The van der Waals surface area contributed by atoms with E-state index in [0.717, 1.165) is 41.7 Å². The van der Waals surface area contributed by atoms with E-state index in [1.54, 1.807) is 12.1 Å². The van der Waals surface area contributed by atoms with E-state index in [1.165, 1.54) is 23.3 Å². The molecular formula is C22H23FN4. The third-order valence-electron chi connectivity index (χ3n) is 5.34. The van der Waals surface area contributed by atoms with Crippen molar-refractivity contribution in [1.29, 1.82) is 0 Å². The van der Waals surface area contributed by atoms with E-state index in [4.69, 9.17) is 9.97 Å². The Labute approximate surface area is 159 Å². The molecule has 0 spiro atoms. The summed E-state index contributed by atoms with van der Waals surface area (Å²) >= 11 is 0. The van der Waals surface area contributed by atoms with Crippen molar-refractivity contribution < 1.29 is 4.39 Å². The molecule has 138 valence electrons. The van der Waals surface area contributed by atoms with Crippen LogP contribution in [-0.4, -0.2) is 16.5 Å². The molecule has 2 heterocycles. The van der Waals surface area contributed by atoms with Gasteiger partial charge in [0, 0.05) is 23.5 Å². The first-order chi connectivity index (χ1) is 13.0. The zero-order valence-corrected chi connectivity index (χ0v) is 15.8. The zero-order valence-electron chi connectivity index (χ0n) is 15.8. The SMILES string of the molecule is Cc1nc(N2CCc3ccccc3[C@H]2C)nc(Nc2ccc(F)cc2)c1C. The molecule has 0 unspecified atom stereocenters. The van der Waals surface area contributed by atoms with Crippen LogP contribution in [0.1, 0.15) is 35.3 Å². The van der Waals surface area contributed by atoms with Gasteiger partial charge < -0.3 is 10.2 Å². The van der Waals surface area contributed by atoms with Crippen LogP contribution < -0.4 is 10.2 Å². The molecule has 1 aliphatic heterocycles. The highest BCUT2D eigenvalue weighted by molar-refractivity contribution is 5.61. The summed E-state index contributed by atoms with van der Waals surface area (Å²) in [5.74, 6) is 1.23. The highest BCUT2D eigenvalue weighted by Crippen LogP contribution is 2.33. The summed E-state index contributed by atoms with van der Waals surface area (Å²) in [6, 6.07) is 15.1. The van der Waals surface area contributed by atoms with E-state index in [1.807, 2.05) is 13.8 Å². The van der Waals surface area contributed by atoms with Crippen LogP contribution >= 0.6 is 0 Å². The number of anilines is 3. The number of halogens is 1. The van der Waals surface area contributed by atoms with Gasteiger partial charge in [-0.15, -0.1) is 0 Å². The predicted molar refractivity (Wildman–Crippen MR) is 107 cm³/mol. The van der Waals surface area contributed by atoms with E-state index in [9.17, 15) is 4.39 Å². The lowest BCUT2D eigenvalue weighted by Gasteiger charge is -2.35. The first-order valence-electron chi connectivity index (χ1n) is 9.25. The maximum atomic E-state index is 13.2. The molecule has 4 rings (SSSR count). The minimum absolute atomic E-state index is 0.218. The van der Waals surface area contributed by atoms with Crippen LogP contribution in [0.5, 0.6) is 0 Å². The average molecular weight is 362 g/mol. The number of hydrogen-bond acceptors (Lipinski definition) is 4. The number of nitrogens with one attached hydrogen (secondary N) is 1. The minimum atomic E-state index is -0.252. The van der Waals surface area contributed by atoms with Gasteiger partial charge in [-0.3, -0.25) is 0 Å². The van der Waals surface area contributed by atoms with Gasteiger partial charge in [-0.05, 0) is 62.6 Å². The molecule has 5 heteroatoms. The molecule has 0 fully saturated rings. The summed E-state index contributed by atoms with van der Waals surface area (Å²) in [6.45, 7) is 7.08. The maximum Gasteiger partial charge on any atom is 0.228 e. The number of aromatic nitrogens is 2. The van der Waals surface area contributed by atoms with Gasteiger partial charge in [-0.2, -0.15) is 4.98 Å². The van der Waals surface area contributed by atoms with Crippen LogP contribution in [0.2, 0.25) is 0 Å². The van der Waals surface area contributed by atoms with Crippen LogP contribution in [-0.2, 0) is 6.42 Å². The normalized spacial score (nSPS) is 16.1. The highest BCUT2D eigenvalue weighted by atomic mass is 19.1. The second-order valence-corrected chi connectivity index (χ2v) is 7.03. The molecule has 1 aliphatic rings. The predicted octanol–water partition coefficient (Wildman–Crippen LogP) is 5.10. The Morgan fingerprint density at radius 2 is 1.78 bits per heavy atom. The maximum absolute atomic E-state index is 13.2. The van der Waals surface area contributed by atoms with Crippen LogP contribution in [0.3, 0.4) is 0 Å². The van der Waals surface area contributed by atoms with Gasteiger partial charge in [0.2, 0.25) is 5.95 Å². The summed E-state index contributed by atoms with van der Waals surface area (Å²) in [5.41, 5.74) is 5.47. The molecule has 4 nitrogen and oxygen atoms in total. The molecule has 1 N–H and O–H groups in total. The van der Waals surface area contributed by atoms with Crippen molar-refractivity contribution in [2.24, 2.45) is 0 Å². The first kappa shape index (κ1) is 17.5. The van der Waals surface area contributed by atoms with Crippen molar-refractivity contribution in [3.63, 3.8) is 0 Å². The number of fused-ring (bicyclic) bond motifs is 1. The van der Waals surface area contributed by atoms with E-state index in [0.29, 0.717) is 0 Å². The van der Waals surface area contributed by atoms with E-state index >= 15 is 0 Å². The van der Waals surface area contributed by atoms with Gasteiger partial charge in [0.05, 0.1) is 6.04 Å². The third kappa shape index (κ3) is 3.37. The standard InChI is InChI=1S/C22H23FN4/c1-14-15(2)24-22(26-21(14)25-19-10-8-18(23)9-11-19)27-13-12-17-6-4-5-7-20(17)16(27)3/h4-11,16H,12-13H2,1-3H3,(H,24,25,26)/t16-/m1/s1. The van der Waals surface area contributed by atoms with E-state index < -0.39 is 0 Å². The van der Waals surface area contributed by atoms with Crippen molar-refractivity contribution in [3.05, 3.63) is 76.7 Å². The number of nitrogens with zero attached hydrogens (tertiary/aromatic N) is 3. The van der Waals surface area contributed by atoms with Crippen molar-refractivity contribution in [2.75, 3.05) is 16.8 Å². The van der Waals surface area contributed by atoms with Gasteiger partial charge >= 0.3 is 0 Å². The Balaban J connectivity index is 1.68. The second kappa shape index (κ2) is 6.99. The van der Waals surface area contributed by atoms with Crippen LogP contribution in [0, 0.1) is 19.7 Å². The largest absolute Gasteiger partial charge is 0.340 e. The molecule has 0 amide bonds. The lowest BCUT2D eigenvalue weighted by molar-refractivity contribution is 0.607. The Kier molecular flexibility index (Phi) is 4.52. The van der Waals surface area contributed by atoms with Gasteiger partial charge in [-0.25, -0.2) is 9.37 Å². The Hall–Kier alpha value is -2.95. The van der Waals surface area contributed by atoms with Gasteiger partial charge in [0.25, 0.3) is 0 Å². The minimum Gasteiger partial charge on any atom is -0.340 e. The summed E-state index contributed by atoms with van der Waals surface area (Å²) < 4.78 is 13.2. The Bertz CT molecular complexity index is 969. The molecule has 0 aliphatic carbocycles. The van der Waals surface area contributed by atoms with Crippen molar-refractivity contribution in [1.82, 2.24) is 9.97 Å². The van der Waals surface area contributed by atoms with Crippen LogP contribution in [0.4, 0.5) is 21.8 Å². The number of hydrogen-bond donors (Lipinski definition) is 1. The molecule has 2 aromatic carbocycles. The fraction of sp³-hybridized carbons (Fsp3) is 0.273. The number of rotatable bonds is 3. The second-order valence-electron chi connectivity index (χ2n) is 7.03. The zero-order chi connectivity index (χ0) is 19.0. The molecule has 1 atom stereocenters. The summed E-state index contributed by atoms with van der Waals surface area (Å²) in [7, 11) is 0. The smallest absolute Gasteiger partial charge is 0.228 e. The number of benzene rings is 2. The third-order valence-corrected chi connectivity index (χ3v) is 5.34. The molecule has 0 saturated heterocycles.